The minimum Gasteiger partial charge on any atom is -0.497 e. The van der Waals surface area contributed by atoms with Crippen molar-refractivity contribution in [2.24, 2.45) is 0 Å². The number of carbonyl (C=O) groups excluding carboxylic acids is 1. The van der Waals surface area contributed by atoms with Crippen molar-refractivity contribution in [1.82, 2.24) is 0 Å². The minimum absolute atomic E-state index is 0.170. The molecule has 0 fully saturated rings. The molecule has 1 aliphatic carbocycles. The summed E-state index contributed by atoms with van der Waals surface area (Å²) in [5, 5.41) is 0. The van der Waals surface area contributed by atoms with Crippen molar-refractivity contribution < 1.29 is 14.3 Å². The SMILES string of the molecule is CCOC(=O)C1=C(c2ccccc2)c2ccccc2C1c1ccc(OC)cc1. The zero-order valence-corrected chi connectivity index (χ0v) is 16.0. The predicted octanol–water partition coefficient (Wildman–Crippen LogP) is 5.21. The molecule has 0 aromatic heterocycles. The molecular weight excluding hydrogens is 348 g/mol. The van der Waals surface area contributed by atoms with E-state index in [9.17, 15) is 4.79 Å². The number of benzene rings is 3. The van der Waals surface area contributed by atoms with Crippen LogP contribution in [0.1, 0.15) is 35.1 Å². The molecule has 28 heavy (non-hydrogen) atoms. The van der Waals surface area contributed by atoms with Gasteiger partial charge in [0, 0.05) is 11.5 Å². The van der Waals surface area contributed by atoms with Crippen molar-refractivity contribution >= 4 is 11.5 Å². The van der Waals surface area contributed by atoms with Crippen LogP contribution in [0.5, 0.6) is 5.75 Å². The second kappa shape index (κ2) is 7.73. The van der Waals surface area contributed by atoms with Gasteiger partial charge in [0.1, 0.15) is 5.75 Å². The van der Waals surface area contributed by atoms with Gasteiger partial charge in [-0.1, -0.05) is 66.7 Å². The first-order chi connectivity index (χ1) is 13.7. The molecule has 0 aliphatic heterocycles. The van der Waals surface area contributed by atoms with Gasteiger partial charge in [0.2, 0.25) is 0 Å². The Kier molecular flexibility index (Phi) is 4.98. The van der Waals surface area contributed by atoms with Crippen LogP contribution in [-0.4, -0.2) is 19.7 Å². The number of hydrogen-bond acceptors (Lipinski definition) is 3. The monoisotopic (exact) mass is 370 g/mol. The Balaban J connectivity index is 1.96. The van der Waals surface area contributed by atoms with Gasteiger partial charge in [0.25, 0.3) is 0 Å². The highest BCUT2D eigenvalue weighted by atomic mass is 16.5. The van der Waals surface area contributed by atoms with Gasteiger partial charge >= 0.3 is 5.97 Å². The van der Waals surface area contributed by atoms with Crippen molar-refractivity contribution in [2.75, 3.05) is 13.7 Å². The van der Waals surface area contributed by atoms with Gasteiger partial charge in [-0.15, -0.1) is 0 Å². The van der Waals surface area contributed by atoms with Crippen LogP contribution >= 0.6 is 0 Å². The third-order valence-electron chi connectivity index (χ3n) is 5.11. The lowest BCUT2D eigenvalue weighted by molar-refractivity contribution is -0.138. The molecule has 0 bridgehead atoms. The lowest BCUT2D eigenvalue weighted by atomic mass is 9.88. The molecular formula is C25H22O3. The summed E-state index contributed by atoms with van der Waals surface area (Å²) in [7, 11) is 1.65. The van der Waals surface area contributed by atoms with E-state index in [0.717, 1.165) is 33.6 Å². The highest BCUT2D eigenvalue weighted by Crippen LogP contribution is 2.48. The van der Waals surface area contributed by atoms with E-state index >= 15 is 0 Å². The van der Waals surface area contributed by atoms with Gasteiger partial charge in [0.05, 0.1) is 19.3 Å². The van der Waals surface area contributed by atoms with Crippen LogP contribution < -0.4 is 4.74 Å². The first-order valence-corrected chi connectivity index (χ1v) is 9.44. The van der Waals surface area contributed by atoms with Crippen molar-refractivity contribution in [2.45, 2.75) is 12.8 Å². The van der Waals surface area contributed by atoms with Crippen molar-refractivity contribution in [3.05, 3.63) is 107 Å². The van der Waals surface area contributed by atoms with Crippen LogP contribution in [0.4, 0.5) is 0 Å². The average Bonchev–Trinajstić information content (AvgIpc) is 3.10. The molecule has 0 amide bonds. The Hall–Kier alpha value is -3.33. The molecule has 0 spiro atoms. The zero-order valence-electron chi connectivity index (χ0n) is 16.0. The maximum absolute atomic E-state index is 13.1. The summed E-state index contributed by atoms with van der Waals surface area (Å²) in [4.78, 5) is 13.1. The van der Waals surface area contributed by atoms with Crippen LogP contribution in [0.25, 0.3) is 5.57 Å². The van der Waals surface area contributed by atoms with Crippen LogP contribution in [0.15, 0.2) is 84.4 Å². The van der Waals surface area contributed by atoms with E-state index in [1.807, 2.05) is 73.7 Å². The summed E-state index contributed by atoms with van der Waals surface area (Å²) in [6.07, 6.45) is 0. The third kappa shape index (κ3) is 3.09. The van der Waals surface area contributed by atoms with Gasteiger partial charge in [0.15, 0.2) is 0 Å². The molecule has 1 atom stereocenters. The fourth-order valence-electron chi connectivity index (χ4n) is 3.91. The summed E-state index contributed by atoms with van der Waals surface area (Å²) in [6.45, 7) is 2.18. The Morgan fingerprint density at radius 3 is 2.25 bits per heavy atom. The van der Waals surface area contributed by atoms with Crippen molar-refractivity contribution in [3.63, 3.8) is 0 Å². The maximum atomic E-state index is 13.1. The Labute approximate surface area is 165 Å². The normalized spacial score (nSPS) is 15.3. The lowest BCUT2D eigenvalue weighted by Gasteiger charge is -2.17. The molecule has 3 aromatic carbocycles. The van der Waals surface area contributed by atoms with Gasteiger partial charge in [-0.05, 0) is 41.3 Å². The largest absolute Gasteiger partial charge is 0.497 e. The van der Waals surface area contributed by atoms with E-state index in [1.165, 1.54) is 0 Å². The molecule has 1 aliphatic rings. The zero-order chi connectivity index (χ0) is 19.5. The van der Waals surface area contributed by atoms with E-state index in [0.29, 0.717) is 12.2 Å². The van der Waals surface area contributed by atoms with Gasteiger partial charge in [-0.3, -0.25) is 0 Å². The van der Waals surface area contributed by atoms with Gasteiger partial charge in [-0.2, -0.15) is 0 Å². The standard InChI is InChI=1S/C25H22O3/c1-3-28-25(26)24-22(17-9-5-4-6-10-17)20-11-7-8-12-21(20)23(24)18-13-15-19(27-2)16-14-18/h4-16,23H,3H2,1-2H3. The second-order valence-corrected chi connectivity index (χ2v) is 6.67. The molecule has 1 unspecified atom stereocenters. The van der Waals surface area contributed by atoms with Gasteiger partial charge in [-0.25, -0.2) is 4.79 Å². The van der Waals surface area contributed by atoms with Crippen LogP contribution in [0, 0.1) is 0 Å². The number of methoxy groups -OCH3 is 1. The number of rotatable bonds is 5. The molecule has 0 heterocycles. The first kappa shape index (κ1) is 18.1. The number of esters is 1. The lowest BCUT2D eigenvalue weighted by Crippen LogP contribution is -2.14. The van der Waals surface area contributed by atoms with Crippen LogP contribution in [0.3, 0.4) is 0 Å². The molecule has 3 aromatic rings. The van der Waals surface area contributed by atoms with Crippen LogP contribution in [-0.2, 0) is 9.53 Å². The quantitative estimate of drug-likeness (QED) is 0.579. The predicted molar refractivity (Wildman–Crippen MR) is 110 cm³/mol. The van der Waals surface area contributed by atoms with Crippen molar-refractivity contribution in [1.29, 1.82) is 0 Å². The van der Waals surface area contributed by atoms with E-state index in [4.69, 9.17) is 9.47 Å². The number of hydrogen-bond donors (Lipinski definition) is 0. The summed E-state index contributed by atoms with van der Waals surface area (Å²) in [5.74, 6) is 0.356. The average molecular weight is 370 g/mol. The van der Waals surface area contributed by atoms with Crippen molar-refractivity contribution in [3.8, 4) is 5.75 Å². The second-order valence-electron chi connectivity index (χ2n) is 6.67. The highest BCUT2D eigenvalue weighted by Gasteiger charge is 2.37. The molecule has 0 saturated carbocycles. The number of carbonyl (C=O) groups is 1. The molecule has 4 rings (SSSR count). The first-order valence-electron chi connectivity index (χ1n) is 9.44. The fourth-order valence-corrected chi connectivity index (χ4v) is 3.91. The molecule has 0 N–H and O–H groups in total. The van der Waals surface area contributed by atoms with E-state index < -0.39 is 0 Å². The number of ether oxygens (including phenoxy) is 2. The molecule has 0 saturated heterocycles. The Morgan fingerprint density at radius 1 is 0.893 bits per heavy atom. The Morgan fingerprint density at radius 2 is 1.57 bits per heavy atom. The summed E-state index contributed by atoms with van der Waals surface area (Å²) >= 11 is 0. The molecule has 140 valence electrons. The topological polar surface area (TPSA) is 35.5 Å². The minimum atomic E-state index is -0.265. The van der Waals surface area contributed by atoms with E-state index in [2.05, 4.69) is 12.1 Å². The third-order valence-corrected chi connectivity index (χ3v) is 5.11. The summed E-state index contributed by atoms with van der Waals surface area (Å²) < 4.78 is 10.8. The Bertz CT molecular complexity index is 1020. The van der Waals surface area contributed by atoms with E-state index in [-0.39, 0.29) is 11.9 Å². The maximum Gasteiger partial charge on any atom is 0.335 e. The fraction of sp³-hybridized carbons (Fsp3) is 0.160. The molecule has 3 nitrogen and oxygen atoms in total. The van der Waals surface area contributed by atoms with E-state index in [1.54, 1.807) is 7.11 Å². The highest BCUT2D eigenvalue weighted by molar-refractivity contribution is 6.07. The summed E-state index contributed by atoms with van der Waals surface area (Å²) in [6, 6.07) is 26.2. The number of fused-ring (bicyclic) bond motifs is 1. The molecule has 3 heteroatoms. The molecule has 0 radical (unpaired) electrons. The smallest absolute Gasteiger partial charge is 0.335 e. The summed E-state index contributed by atoms with van der Waals surface area (Å²) in [5.41, 5.74) is 5.92. The van der Waals surface area contributed by atoms with Gasteiger partial charge < -0.3 is 9.47 Å². The van der Waals surface area contributed by atoms with Crippen LogP contribution in [0.2, 0.25) is 0 Å².